The van der Waals surface area contributed by atoms with E-state index < -0.39 is 17.7 Å². The van der Waals surface area contributed by atoms with Crippen LogP contribution >= 0.6 is 0 Å². The Labute approximate surface area is 248 Å². The molecule has 4 aromatic carbocycles. The number of aliphatic hydroxyl groups is 1. The van der Waals surface area contributed by atoms with Crippen LogP contribution < -0.4 is 9.64 Å². The summed E-state index contributed by atoms with van der Waals surface area (Å²) in [6.07, 6.45) is 0. The number of aliphatic hydroxyl groups excluding tert-OH is 1. The molecule has 1 saturated heterocycles. The molecular formula is C37H39NO4. The maximum atomic E-state index is 13.9. The molecule has 0 aliphatic carbocycles. The van der Waals surface area contributed by atoms with Crippen LogP contribution in [0.25, 0.3) is 16.5 Å². The molecule has 0 saturated carbocycles. The van der Waals surface area contributed by atoms with Gasteiger partial charge in [-0.15, -0.1) is 0 Å². The van der Waals surface area contributed by atoms with Crippen LogP contribution in [0.15, 0.2) is 90.5 Å². The van der Waals surface area contributed by atoms with Crippen molar-refractivity contribution in [1.82, 2.24) is 0 Å². The van der Waals surface area contributed by atoms with Gasteiger partial charge in [0.2, 0.25) is 0 Å². The van der Waals surface area contributed by atoms with Gasteiger partial charge >= 0.3 is 0 Å². The maximum absolute atomic E-state index is 13.9. The van der Waals surface area contributed by atoms with Crippen LogP contribution in [0, 0.1) is 0 Å². The molecule has 1 unspecified atom stereocenters. The van der Waals surface area contributed by atoms with Gasteiger partial charge in [-0.2, -0.15) is 0 Å². The summed E-state index contributed by atoms with van der Waals surface area (Å²) in [5, 5.41) is 13.7. The smallest absolute Gasteiger partial charge is 0.300 e. The summed E-state index contributed by atoms with van der Waals surface area (Å²) in [4.78, 5) is 29.3. The summed E-state index contributed by atoms with van der Waals surface area (Å²) >= 11 is 0. The van der Waals surface area contributed by atoms with E-state index in [1.165, 1.54) is 0 Å². The summed E-state index contributed by atoms with van der Waals surface area (Å²) in [5.74, 6) is -0.849. The van der Waals surface area contributed by atoms with E-state index in [2.05, 4.69) is 41.5 Å². The number of hydrogen-bond donors (Lipinski definition) is 1. The third-order valence-corrected chi connectivity index (χ3v) is 7.92. The summed E-state index contributed by atoms with van der Waals surface area (Å²) in [5.41, 5.74) is 3.60. The third kappa shape index (κ3) is 5.20. The molecule has 1 amide bonds. The number of carbonyl (C=O) groups is 2. The lowest BCUT2D eigenvalue weighted by Crippen LogP contribution is -2.29. The number of carbonyl (C=O) groups excluding carboxylic acids is 2. The van der Waals surface area contributed by atoms with Crippen molar-refractivity contribution in [3.05, 3.63) is 113 Å². The Kier molecular flexibility index (Phi) is 7.48. The number of ether oxygens (including phenoxy) is 1. The number of ketones is 1. The normalized spacial score (nSPS) is 17.2. The highest BCUT2D eigenvalue weighted by Gasteiger charge is 2.47. The zero-order valence-corrected chi connectivity index (χ0v) is 25.5. The topological polar surface area (TPSA) is 66.8 Å². The van der Waals surface area contributed by atoms with Crippen molar-refractivity contribution in [3.63, 3.8) is 0 Å². The summed E-state index contributed by atoms with van der Waals surface area (Å²) < 4.78 is 5.88. The number of fused-ring (bicyclic) bond motifs is 1. The van der Waals surface area contributed by atoms with E-state index in [4.69, 9.17) is 4.74 Å². The first kappa shape index (κ1) is 29.1. The van der Waals surface area contributed by atoms with Gasteiger partial charge in [0.1, 0.15) is 11.5 Å². The van der Waals surface area contributed by atoms with Crippen molar-refractivity contribution >= 4 is 33.9 Å². The van der Waals surface area contributed by atoms with Crippen LogP contribution in [0.5, 0.6) is 5.75 Å². The molecule has 1 N–H and O–H groups in total. The highest BCUT2D eigenvalue weighted by atomic mass is 16.5. The molecule has 0 aromatic heterocycles. The van der Waals surface area contributed by atoms with Crippen LogP contribution in [-0.4, -0.2) is 23.4 Å². The van der Waals surface area contributed by atoms with Crippen molar-refractivity contribution in [2.75, 3.05) is 11.5 Å². The number of rotatable bonds is 5. The Morgan fingerprint density at radius 3 is 2.14 bits per heavy atom. The first-order valence-electron chi connectivity index (χ1n) is 14.5. The van der Waals surface area contributed by atoms with E-state index in [1.54, 1.807) is 11.0 Å². The van der Waals surface area contributed by atoms with Crippen molar-refractivity contribution in [1.29, 1.82) is 0 Å². The number of Topliss-reactive ketones (excluding diaryl/α,β-unsaturated/α-hetero) is 1. The molecule has 5 heteroatoms. The maximum Gasteiger partial charge on any atom is 0.300 e. The fourth-order valence-electron chi connectivity index (χ4n) is 5.68. The van der Waals surface area contributed by atoms with Gasteiger partial charge in [0.15, 0.2) is 0 Å². The summed E-state index contributed by atoms with van der Waals surface area (Å²) in [7, 11) is 0. The van der Waals surface area contributed by atoms with Gasteiger partial charge in [-0.05, 0) is 58.5 Å². The molecule has 5 rings (SSSR count). The van der Waals surface area contributed by atoms with Gasteiger partial charge in [-0.25, -0.2) is 0 Å². The van der Waals surface area contributed by atoms with Crippen LogP contribution in [0.1, 0.15) is 76.8 Å². The van der Waals surface area contributed by atoms with Crippen LogP contribution in [0.4, 0.5) is 5.69 Å². The van der Waals surface area contributed by atoms with Gasteiger partial charge in [0.25, 0.3) is 11.7 Å². The minimum Gasteiger partial charge on any atom is -0.507 e. The predicted octanol–water partition coefficient (Wildman–Crippen LogP) is 8.46. The van der Waals surface area contributed by atoms with Crippen molar-refractivity contribution in [2.24, 2.45) is 0 Å². The van der Waals surface area contributed by atoms with Crippen molar-refractivity contribution < 1.29 is 19.4 Å². The zero-order chi connectivity index (χ0) is 30.4. The molecule has 0 radical (unpaired) electrons. The van der Waals surface area contributed by atoms with Gasteiger partial charge < -0.3 is 9.84 Å². The molecule has 4 aromatic rings. The highest BCUT2D eigenvalue weighted by Crippen LogP contribution is 2.45. The Bertz CT molecular complexity index is 1700. The second kappa shape index (κ2) is 10.8. The lowest BCUT2D eigenvalue weighted by molar-refractivity contribution is -0.132. The number of anilines is 1. The Morgan fingerprint density at radius 2 is 1.50 bits per heavy atom. The van der Waals surface area contributed by atoms with Gasteiger partial charge in [-0.1, -0.05) is 102 Å². The lowest BCUT2D eigenvalue weighted by atomic mass is 9.84. The van der Waals surface area contributed by atoms with Crippen LogP contribution in [0.2, 0.25) is 0 Å². The van der Waals surface area contributed by atoms with E-state index in [-0.39, 0.29) is 22.2 Å². The number of benzene rings is 4. The summed E-state index contributed by atoms with van der Waals surface area (Å²) in [6, 6.07) is 26.2. The molecule has 216 valence electrons. The Hall–Kier alpha value is -4.38. The van der Waals surface area contributed by atoms with E-state index in [9.17, 15) is 14.7 Å². The first-order chi connectivity index (χ1) is 19.8. The monoisotopic (exact) mass is 561 g/mol. The molecule has 1 aliphatic heterocycles. The molecule has 1 heterocycles. The van der Waals surface area contributed by atoms with Gasteiger partial charge in [0.05, 0.1) is 23.9 Å². The van der Waals surface area contributed by atoms with Gasteiger partial charge in [0, 0.05) is 16.5 Å². The van der Waals surface area contributed by atoms with Crippen LogP contribution in [0.3, 0.4) is 0 Å². The Balaban J connectivity index is 1.76. The molecule has 5 nitrogen and oxygen atoms in total. The fourth-order valence-corrected chi connectivity index (χ4v) is 5.68. The van der Waals surface area contributed by atoms with E-state index in [0.29, 0.717) is 17.9 Å². The zero-order valence-electron chi connectivity index (χ0n) is 25.5. The largest absolute Gasteiger partial charge is 0.507 e. The highest BCUT2D eigenvalue weighted by molar-refractivity contribution is 6.52. The number of hydrogen-bond acceptors (Lipinski definition) is 4. The minimum atomic E-state index is -0.811. The quantitative estimate of drug-likeness (QED) is 0.151. The molecule has 1 fully saturated rings. The number of amides is 1. The van der Waals surface area contributed by atoms with Crippen LogP contribution in [-0.2, 0) is 20.4 Å². The summed E-state index contributed by atoms with van der Waals surface area (Å²) in [6.45, 7) is 15.1. The fraction of sp³-hybridized carbons (Fsp3) is 0.297. The molecule has 0 spiro atoms. The van der Waals surface area contributed by atoms with Gasteiger partial charge in [-0.3, -0.25) is 14.5 Å². The molecule has 1 atom stereocenters. The van der Waals surface area contributed by atoms with E-state index in [0.717, 1.165) is 33.2 Å². The van der Waals surface area contributed by atoms with E-state index in [1.807, 2.05) is 85.8 Å². The second-order valence-electron chi connectivity index (χ2n) is 12.9. The molecule has 1 aliphatic rings. The van der Waals surface area contributed by atoms with Crippen molar-refractivity contribution in [3.8, 4) is 5.75 Å². The van der Waals surface area contributed by atoms with E-state index >= 15 is 0 Å². The average Bonchev–Trinajstić information content (AvgIpc) is 3.21. The van der Waals surface area contributed by atoms with Crippen molar-refractivity contribution in [2.45, 2.75) is 65.3 Å². The minimum absolute atomic E-state index is 0.0678. The molecule has 42 heavy (non-hydrogen) atoms. The lowest BCUT2D eigenvalue weighted by Gasteiger charge is -2.28. The SMILES string of the molecule is CCOc1ccc(/C(O)=C2\C(=O)C(=O)N(c3cccc4ccccc34)C2c2ccc(C(C)(C)C)cc2)cc1C(C)(C)C. The molecular weight excluding hydrogens is 522 g/mol. The average molecular weight is 562 g/mol. The standard InChI is InChI=1S/C37H39NO4/c1-8-42-30-21-18-25(22-28(30)37(5,6)7)33(39)31-32(24-16-19-26(20-17-24)36(2,3)4)38(35(41)34(31)40)29-15-11-13-23-12-9-10-14-27(23)29/h9-22,32,39H,8H2,1-7H3/b33-31+. The first-order valence-corrected chi connectivity index (χ1v) is 14.5. The predicted molar refractivity (Wildman–Crippen MR) is 170 cm³/mol. The number of nitrogens with zero attached hydrogens (tertiary/aromatic N) is 1. The molecule has 0 bridgehead atoms. The third-order valence-electron chi connectivity index (χ3n) is 7.92. The second-order valence-corrected chi connectivity index (χ2v) is 12.9. The Morgan fingerprint density at radius 1 is 0.833 bits per heavy atom.